The average Bonchev–Trinajstić information content (AvgIpc) is 3.18. The minimum atomic E-state index is -0.674. The van der Waals surface area contributed by atoms with E-state index >= 15 is 0 Å². The Bertz CT molecular complexity index is 708. The molecule has 3 N–H and O–H groups in total. The number of thioether (sulfide) groups is 1. The molecule has 0 saturated heterocycles. The molecule has 0 aliphatic rings. The van der Waals surface area contributed by atoms with Crippen molar-refractivity contribution < 1.29 is 9.84 Å². The number of aliphatic hydroxyl groups is 1. The predicted molar refractivity (Wildman–Crippen MR) is 119 cm³/mol. The number of hydrogen-bond donors (Lipinski definition) is 3. The molecule has 1 aromatic heterocycles. The third-order valence-corrected chi connectivity index (χ3v) is 5.68. The molecule has 0 saturated carbocycles. The first-order chi connectivity index (χ1) is 13.6. The quantitative estimate of drug-likeness (QED) is 0.222. The van der Waals surface area contributed by atoms with Gasteiger partial charge in [0.1, 0.15) is 10.1 Å². The van der Waals surface area contributed by atoms with Crippen LogP contribution in [-0.2, 0) is 0 Å². The highest BCUT2D eigenvalue weighted by Crippen LogP contribution is 2.21. The maximum absolute atomic E-state index is 10.5. The van der Waals surface area contributed by atoms with Crippen molar-refractivity contribution in [3.63, 3.8) is 0 Å². The summed E-state index contributed by atoms with van der Waals surface area (Å²) in [6.45, 7) is 7.87. The number of aliphatic imine (C=N–C) groups is 1. The Labute approximate surface area is 175 Å². The van der Waals surface area contributed by atoms with Crippen molar-refractivity contribution in [2.45, 2.75) is 43.7 Å². The van der Waals surface area contributed by atoms with Crippen LogP contribution in [0.25, 0.3) is 0 Å². The lowest BCUT2D eigenvalue weighted by Gasteiger charge is -2.15. The van der Waals surface area contributed by atoms with Gasteiger partial charge in [0.2, 0.25) is 0 Å². The number of ether oxygens (including phenoxy) is 1. The monoisotopic (exact) mass is 422 g/mol. The molecular formula is C20H30N4O2S2. The molecule has 154 valence electrons. The highest BCUT2D eigenvalue weighted by molar-refractivity contribution is 8.00. The van der Waals surface area contributed by atoms with Gasteiger partial charge in [-0.25, -0.2) is 4.98 Å². The van der Waals surface area contributed by atoms with Crippen LogP contribution >= 0.6 is 23.1 Å². The van der Waals surface area contributed by atoms with Gasteiger partial charge in [-0.2, -0.15) is 0 Å². The second kappa shape index (κ2) is 12.6. The van der Waals surface area contributed by atoms with Crippen molar-refractivity contribution in [1.29, 1.82) is 0 Å². The van der Waals surface area contributed by atoms with E-state index in [1.54, 1.807) is 23.1 Å². The van der Waals surface area contributed by atoms with Gasteiger partial charge < -0.3 is 20.5 Å². The fraction of sp³-hybridized carbons (Fsp3) is 0.500. The van der Waals surface area contributed by atoms with Crippen molar-refractivity contribution in [3.05, 3.63) is 41.4 Å². The van der Waals surface area contributed by atoms with E-state index in [-0.39, 0.29) is 12.6 Å². The summed E-state index contributed by atoms with van der Waals surface area (Å²) >= 11 is 3.44. The van der Waals surface area contributed by atoms with Crippen LogP contribution in [0.4, 0.5) is 0 Å². The van der Waals surface area contributed by atoms with Crippen molar-refractivity contribution in [2.75, 3.05) is 25.4 Å². The van der Waals surface area contributed by atoms with Crippen LogP contribution in [0.2, 0.25) is 0 Å². The van der Waals surface area contributed by atoms with E-state index in [4.69, 9.17) is 4.74 Å². The molecule has 1 aromatic carbocycles. The molecule has 6 nitrogen and oxygen atoms in total. The number of hydrogen-bond acceptors (Lipinski definition) is 6. The Kier molecular flexibility index (Phi) is 10.2. The zero-order valence-electron chi connectivity index (χ0n) is 16.7. The molecule has 0 aliphatic heterocycles. The number of thiazole rings is 1. The third-order valence-electron chi connectivity index (χ3n) is 3.63. The molecule has 0 fully saturated rings. The average molecular weight is 423 g/mol. The van der Waals surface area contributed by atoms with Crippen LogP contribution < -0.4 is 15.4 Å². The molecule has 2 aromatic rings. The molecule has 0 bridgehead atoms. The van der Waals surface area contributed by atoms with Gasteiger partial charge in [0.15, 0.2) is 5.96 Å². The summed E-state index contributed by atoms with van der Waals surface area (Å²) in [4.78, 5) is 8.78. The lowest BCUT2D eigenvalue weighted by atomic mass is 10.1. The Morgan fingerprint density at radius 3 is 2.93 bits per heavy atom. The van der Waals surface area contributed by atoms with Gasteiger partial charge in [0.05, 0.1) is 18.8 Å². The first-order valence-electron chi connectivity index (χ1n) is 9.57. The lowest BCUT2D eigenvalue weighted by Crippen LogP contribution is -2.38. The topological polar surface area (TPSA) is 78.8 Å². The van der Waals surface area contributed by atoms with Crippen LogP contribution in [0.5, 0.6) is 5.75 Å². The van der Waals surface area contributed by atoms with Gasteiger partial charge in [-0.05, 0) is 44.9 Å². The molecule has 0 spiro atoms. The minimum absolute atomic E-state index is 0.101. The first kappa shape index (κ1) is 22.5. The smallest absolute Gasteiger partial charge is 0.191 e. The highest BCUT2D eigenvalue weighted by Gasteiger charge is 2.09. The SMILES string of the molecule is CCNC(=NCC(O)c1cccc(OC(C)C)c1)NCCCSc1nccs1. The maximum atomic E-state index is 10.5. The van der Waals surface area contributed by atoms with Gasteiger partial charge in [0.25, 0.3) is 0 Å². The summed E-state index contributed by atoms with van der Waals surface area (Å²) in [5, 5.41) is 19.0. The first-order valence-corrected chi connectivity index (χ1v) is 11.4. The van der Waals surface area contributed by atoms with Crippen molar-refractivity contribution in [3.8, 4) is 5.75 Å². The van der Waals surface area contributed by atoms with Crippen LogP contribution in [0.15, 0.2) is 45.2 Å². The number of aliphatic hydroxyl groups excluding tert-OH is 1. The Morgan fingerprint density at radius 1 is 1.36 bits per heavy atom. The predicted octanol–water partition coefficient (Wildman–Crippen LogP) is 3.70. The van der Waals surface area contributed by atoms with Crippen LogP contribution in [0.3, 0.4) is 0 Å². The summed E-state index contributed by atoms with van der Waals surface area (Å²) in [5.74, 6) is 2.49. The normalized spacial score (nSPS) is 12.8. The Balaban J connectivity index is 1.80. The number of aromatic nitrogens is 1. The Hall–Kier alpha value is -1.77. The molecule has 0 radical (unpaired) electrons. The fourth-order valence-electron chi connectivity index (χ4n) is 2.41. The van der Waals surface area contributed by atoms with Crippen LogP contribution in [-0.4, -0.2) is 47.5 Å². The molecular weight excluding hydrogens is 392 g/mol. The molecule has 8 heteroatoms. The molecule has 0 amide bonds. The van der Waals surface area contributed by atoms with E-state index in [1.165, 1.54) is 0 Å². The van der Waals surface area contributed by atoms with E-state index in [9.17, 15) is 5.11 Å². The number of nitrogens with zero attached hydrogens (tertiary/aromatic N) is 2. The van der Waals surface area contributed by atoms with Crippen molar-refractivity contribution >= 4 is 29.1 Å². The second-order valence-corrected chi connectivity index (χ2v) is 8.64. The molecule has 1 heterocycles. The summed E-state index contributed by atoms with van der Waals surface area (Å²) in [6.07, 6.45) is 2.26. The van der Waals surface area contributed by atoms with Gasteiger partial charge in [-0.3, -0.25) is 4.99 Å². The van der Waals surface area contributed by atoms with E-state index in [1.807, 2.05) is 56.6 Å². The third kappa shape index (κ3) is 8.50. The zero-order chi connectivity index (χ0) is 20.2. The van der Waals surface area contributed by atoms with Gasteiger partial charge in [-0.15, -0.1) is 11.3 Å². The summed E-state index contributed by atoms with van der Waals surface area (Å²) in [5.41, 5.74) is 0.803. The Morgan fingerprint density at radius 2 is 2.21 bits per heavy atom. The van der Waals surface area contributed by atoms with E-state index in [0.29, 0.717) is 0 Å². The lowest BCUT2D eigenvalue weighted by molar-refractivity contribution is 0.185. The van der Waals surface area contributed by atoms with Crippen molar-refractivity contribution in [1.82, 2.24) is 15.6 Å². The molecule has 2 rings (SSSR count). The van der Waals surface area contributed by atoms with E-state index < -0.39 is 6.10 Å². The standard InChI is InChI=1S/C20H30N4O2S2/c1-4-21-19(22-9-6-11-27-20-23-10-12-28-20)24-14-18(25)16-7-5-8-17(13-16)26-15(2)3/h5,7-8,10,12-13,15,18,25H,4,6,9,11,14H2,1-3H3,(H2,21,22,24). The van der Waals surface area contributed by atoms with Crippen molar-refractivity contribution in [2.24, 2.45) is 4.99 Å². The fourth-order valence-corrected chi connectivity index (χ4v) is 4.06. The minimum Gasteiger partial charge on any atom is -0.491 e. The maximum Gasteiger partial charge on any atom is 0.191 e. The van der Waals surface area contributed by atoms with E-state index in [0.717, 1.165) is 46.9 Å². The van der Waals surface area contributed by atoms with Crippen LogP contribution in [0.1, 0.15) is 38.9 Å². The summed E-state index contributed by atoms with van der Waals surface area (Å²) in [7, 11) is 0. The highest BCUT2D eigenvalue weighted by atomic mass is 32.2. The molecule has 1 unspecified atom stereocenters. The second-order valence-electron chi connectivity index (χ2n) is 6.40. The summed E-state index contributed by atoms with van der Waals surface area (Å²) in [6, 6.07) is 7.55. The van der Waals surface area contributed by atoms with Gasteiger partial charge in [0, 0.05) is 30.4 Å². The van der Waals surface area contributed by atoms with Gasteiger partial charge in [-0.1, -0.05) is 23.9 Å². The van der Waals surface area contributed by atoms with E-state index in [2.05, 4.69) is 20.6 Å². The molecule has 28 heavy (non-hydrogen) atoms. The number of guanidine groups is 1. The number of rotatable bonds is 11. The number of benzene rings is 1. The van der Waals surface area contributed by atoms with Crippen LogP contribution in [0, 0.1) is 0 Å². The number of nitrogens with one attached hydrogen (secondary N) is 2. The molecule has 1 atom stereocenters. The molecule has 0 aliphatic carbocycles. The zero-order valence-corrected chi connectivity index (χ0v) is 18.4. The van der Waals surface area contributed by atoms with Gasteiger partial charge >= 0.3 is 0 Å². The summed E-state index contributed by atoms with van der Waals surface area (Å²) < 4.78 is 6.80. The largest absolute Gasteiger partial charge is 0.491 e.